The van der Waals surface area contributed by atoms with E-state index >= 15 is 0 Å². The van der Waals surface area contributed by atoms with Crippen molar-refractivity contribution in [1.29, 1.82) is 5.26 Å². The molecule has 0 spiro atoms. The Hall–Kier alpha value is -3.78. The number of ether oxygens (including phenoxy) is 2. The first-order valence-corrected chi connectivity index (χ1v) is 14.6. The van der Waals surface area contributed by atoms with Gasteiger partial charge in [-0.25, -0.2) is 14.1 Å². The molecule has 5 atom stereocenters. The first-order valence-electron chi connectivity index (χ1n) is 13.0. The Morgan fingerprint density at radius 2 is 2.00 bits per heavy atom. The number of rotatable bonds is 11. The Morgan fingerprint density at radius 3 is 2.64 bits per heavy atom. The molecule has 1 saturated heterocycles. The summed E-state index contributed by atoms with van der Waals surface area (Å²) in [4.78, 5) is 16.4. The van der Waals surface area contributed by atoms with Crippen molar-refractivity contribution >= 4 is 25.1 Å². The Balaban J connectivity index is 1.55. The van der Waals surface area contributed by atoms with Crippen LogP contribution in [0.3, 0.4) is 0 Å². The number of hydrogen-bond acceptors (Lipinski definition) is 12. The molecule has 4 rings (SSSR count). The zero-order chi connectivity index (χ0) is 32.6. The van der Waals surface area contributed by atoms with Crippen molar-refractivity contribution in [2.45, 2.75) is 50.3 Å². The molecule has 0 amide bonds. The molecule has 3 aromatic rings. The van der Waals surface area contributed by atoms with Gasteiger partial charge in [-0.15, -0.1) is 0 Å². The van der Waals surface area contributed by atoms with Gasteiger partial charge in [0.2, 0.25) is 5.60 Å². The lowest BCUT2D eigenvalue weighted by atomic mass is 9.86. The van der Waals surface area contributed by atoms with Crippen LogP contribution in [0.5, 0.6) is 5.75 Å². The van der Waals surface area contributed by atoms with Crippen molar-refractivity contribution < 1.29 is 51.3 Å². The van der Waals surface area contributed by atoms with Crippen molar-refractivity contribution in [2.24, 2.45) is 5.41 Å². The highest BCUT2D eigenvalue weighted by Crippen LogP contribution is 2.48. The number of hydrogen-bond donors (Lipinski definition) is 4. The normalized spacial score (nSPS) is 24.4. The molecule has 44 heavy (non-hydrogen) atoms. The van der Waals surface area contributed by atoms with Gasteiger partial charge in [0.05, 0.1) is 17.7 Å². The molecule has 0 bridgehead atoms. The number of aromatic nitrogens is 3. The van der Waals surface area contributed by atoms with E-state index in [4.69, 9.17) is 24.3 Å². The number of halogens is 3. The summed E-state index contributed by atoms with van der Waals surface area (Å²) in [6.07, 6.45) is -5.55. The predicted octanol–water partition coefficient (Wildman–Crippen LogP) is 2.47. The van der Waals surface area contributed by atoms with Gasteiger partial charge >= 0.3 is 19.9 Å². The molecule has 1 fully saturated rings. The van der Waals surface area contributed by atoms with Crippen molar-refractivity contribution in [1.82, 2.24) is 19.7 Å². The molecule has 1 aliphatic rings. The monoisotopic (exact) mass is 642 g/mol. The van der Waals surface area contributed by atoms with E-state index in [1.165, 1.54) is 40.9 Å². The number of aliphatic hydroxyl groups is 2. The molecule has 1 aromatic carbocycles. The third-order valence-corrected chi connectivity index (χ3v) is 8.65. The van der Waals surface area contributed by atoms with Crippen molar-refractivity contribution in [3.05, 3.63) is 54.5 Å². The van der Waals surface area contributed by atoms with Crippen LogP contribution < -0.4 is 15.3 Å². The number of alkyl halides is 3. The average Bonchev–Trinajstić information content (AvgIpc) is 3.52. The molecule has 1 aliphatic heterocycles. The summed E-state index contributed by atoms with van der Waals surface area (Å²) in [6.45, 7) is 0.229. The average molecular weight is 643 g/mol. The number of nitriles is 1. The second-order valence-electron chi connectivity index (χ2n) is 10.8. The standard InChI is InChI=1S/C26H30F3N6O8P/c1-16(21(36)40-12-23(2,3)26(27,28)29)34-44(39,43-17-7-5-4-6-8-17)42-13-24(11-30)22(37)25(38,14-41-24)19-10-9-18-20(31)32-15-33-35(18)19/h4-10,15-16,22,37-38H,12-14H2,1-3H3,(H,34,39)(H2,31,32,33)/t16-,22+,24+,25+,44-/m0/s1. The number of para-hydroxylation sites is 1. The summed E-state index contributed by atoms with van der Waals surface area (Å²) < 4.78 is 76.1. The van der Waals surface area contributed by atoms with E-state index in [0.29, 0.717) is 5.52 Å². The summed E-state index contributed by atoms with van der Waals surface area (Å²) in [5, 5.41) is 39.1. The summed E-state index contributed by atoms with van der Waals surface area (Å²) in [5.74, 6) is -1.13. The maximum absolute atomic E-state index is 13.9. The molecular weight excluding hydrogens is 612 g/mol. The van der Waals surface area contributed by atoms with Crippen LogP contribution in [0.25, 0.3) is 5.52 Å². The van der Waals surface area contributed by atoms with Crippen molar-refractivity contribution in [2.75, 3.05) is 25.6 Å². The highest BCUT2D eigenvalue weighted by atomic mass is 31.2. The Kier molecular flexibility index (Phi) is 9.00. The van der Waals surface area contributed by atoms with E-state index in [-0.39, 0.29) is 17.3 Å². The van der Waals surface area contributed by atoms with E-state index in [9.17, 15) is 38.0 Å². The van der Waals surface area contributed by atoms with Crippen LogP contribution >= 0.6 is 7.75 Å². The molecule has 0 unspecified atom stereocenters. The fraction of sp³-hybridized carbons (Fsp3) is 0.462. The van der Waals surface area contributed by atoms with Gasteiger partial charge in [0.25, 0.3) is 0 Å². The second kappa shape index (κ2) is 12.0. The summed E-state index contributed by atoms with van der Waals surface area (Å²) in [7, 11) is -4.67. The minimum atomic E-state index is -4.67. The lowest BCUT2D eigenvalue weighted by molar-refractivity contribution is -0.226. The van der Waals surface area contributed by atoms with E-state index in [1.54, 1.807) is 12.1 Å². The molecule has 18 heteroatoms. The van der Waals surface area contributed by atoms with Gasteiger partial charge in [-0.1, -0.05) is 18.2 Å². The van der Waals surface area contributed by atoms with Gasteiger partial charge in [-0.3, -0.25) is 9.32 Å². The number of nitrogens with two attached hydrogens (primary N) is 1. The Morgan fingerprint density at radius 1 is 1.32 bits per heavy atom. The summed E-state index contributed by atoms with van der Waals surface area (Å²) in [5.41, 5.74) is -0.757. The lowest BCUT2D eigenvalue weighted by Gasteiger charge is -2.31. The predicted molar refractivity (Wildman–Crippen MR) is 146 cm³/mol. The largest absolute Gasteiger partial charge is 0.464 e. The molecular formula is C26H30F3N6O8P. The highest BCUT2D eigenvalue weighted by Gasteiger charge is 2.61. The molecule has 5 N–H and O–H groups in total. The number of benzene rings is 1. The van der Waals surface area contributed by atoms with Gasteiger partial charge in [-0.05, 0) is 45.0 Å². The first-order chi connectivity index (χ1) is 20.5. The third kappa shape index (κ3) is 6.36. The van der Waals surface area contributed by atoms with Gasteiger partial charge < -0.3 is 29.9 Å². The molecule has 14 nitrogen and oxygen atoms in total. The van der Waals surface area contributed by atoms with Crippen LogP contribution in [0.1, 0.15) is 26.5 Å². The fourth-order valence-corrected chi connectivity index (χ4v) is 5.68. The van der Waals surface area contributed by atoms with Gasteiger partial charge in [0.15, 0.2) is 11.4 Å². The third-order valence-electron chi connectivity index (χ3n) is 7.02. The van der Waals surface area contributed by atoms with Crippen molar-refractivity contribution in [3.8, 4) is 11.8 Å². The van der Waals surface area contributed by atoms with Crippen LogP contribution in [-0.4, -0.2) is 74.5 Å². The van der Waals surface area contributed by atoms with Crippen LogP contribution in [0, 0.1) is 16.7 Å². The van der Waals surface area contributed by atoms with E-state index in [0.717, 1.165) is 27.1 Å². The number of nitrogens with zero attached hydrogens (tertiary/aromatic N) is 4. The number of nitrogens with one attached hydrogen (secondary N) is 1. The highest BCUT2D eigenvalue weighted by molar-refractivity contribution is 7.52. The maximum atomic E-state index is 13.9. The number of carbonyl (C=O) groups is 1. The first kappa shape index (κ1) is 33.1. The molecule has 0 aliphatic carbocycles. The maximum Gasteiger partial charge on any atom is 0.459 e. The van der Waals surface area contributed by atoms with Crippen LogP contribution in [0.4, 0.5) is 19.0 Å². The zero-order valence-corrected chi connectivity index (χ0v) is 24.6. The number of carbonyl (C=O) groups excluding carboxylic acids is 1. The molecule has 238 valence electrons. The number of anilines is 1. The smallest absolute Gasteiger partial charge is 0.459 e. The number of nitrogen functional groups attached to an aromatic ring is 1. The Bertz CT molecular complexity index is 1600. The van der Waals surface area contributed by atoms with E-state index in [2.05, 4.69) is 15.2 Å². The zero-order valence-electron chi connectivity index (χ0n) is 23.7. The number of aliphatic hydroxyl groups excluding tert-OH is 1. The van der Waals surface area contributed by atoms with E-state index in [1.807, 2.05) is 0 Å². The SMILES string of the molecule is C[C@H](N[P@](=O)(OC[C@@]1(C#N)OC[C@@](O)(c2ccc3c(N)ncnn23)[C@@H]1O)Oc1ccccc1)C(=O)OCC(C)(C)C(F)(F)F. The van der Waals surface area contributed by atoms with Gasteiger partial charge in [0, 0.05) is 0 Å². The molecule has 0 radical (unpaired) electrons. The van der Waals surface area contributed by atoms with Gasteiger partial charge in [-0.2, -0.15) is 28.6 Å². The van der Waals surface area contributed by atoms with Crippen molar-refractivity contribution in [3.63, 3.8) is 0 Å². The number of fused-ring (bicyclic) bond motifs is 1. The molecule has 0 saturated carbocycles. The quantitative estimate of drug-likeness (QED) is 0.176. The molecule has 3 heterocycles. The van der Waals surface area contributed by atoms with Crippen LogP contribution in [0.15, 0.2) is 48.8 Å². The van der Waals surface area contributed by atoms with Gasteiger partial charge in [0.1, 0.15) is 49.0 Å². The molecule has 2 aromatic heterocycles. The minimum Gasteiger partial charge on any atom is -0.464 e. The minimum absolute atomic E-state index is 0.00515. The van der Waals surface area contributed by atoms with Crippen LogP contribution in [0.2, 0.25) is 0 Å². The topological polar surface area (TPSA) is 204 Å². The lowest BCUT2D eigenvalue weighted by Crippen LogP contribution is -2.51. The fourth-order valence-electron chi connectivity index (χ4n) is 4.16. The van der Waals surface area contributed by atoms with Crippen LogP contribution in [-0.2, 0) is 29.0 Å². The van der Waals surface area contributed by atoms with E-state index < -0.39 is 68.5 Å². The summed E-state index contributed by atoms with van der Waals surface area (Å²) in [6, 6.07) is 10.6. The second-order valence-corrected chi connectivity index (χ2v) is 12.5. The Labute approximate surface area is 249 Å². The summed E-state index contributed by atoms with van der Waals surface area (Å²) >= 11 is 0. The number of esters is 1.